The van der Waals surface area contributed by atoms with Crippen LogP contribution < -0.4 is 10.2 Å². The topological polar surface area (TPSA) is 50.6 Å². The molecule has 0 unspecified atom stereocenters. The fourth-order valence-corrected chi connectivity index (χ4v) is 3.34. The molecule has 0 aliphatic carbocycles. The monoisotopic (exact) mass is 331 g/mol. The summed E-state index contributed by atoms with van der Waals surface area (Å²) in [6.45, 7) is 8.30. The molecule has 122 valence electrons. The number of amides is 1. The number of hydrogen-bond acceptors (Lipinski definition) is 3. The average Bonchev–Trinajstić information content (AvgIpc) is 2.92. The molecule has 0 aliphatic heterocycles. The number of nitrogens with one attached hydrogen (secondary N) is 2. The maximum Gasteiger partial charge on any atom is 0.280 e. The van der Waals surface area contributed by atoms with Gasteiger partial charge in [-0.3, -0.25) is 9.59 Å². The highest BCUT2D eigenvalue weighted by Crippen LogP contribution is 2.29. The van der Waals surface area contributed by atoms with E-state index in [1.807, 2.05) is 31.2 Å². The predicted octanol–water partition coefficient (Wildman–Crippen LogP) is 2.15. The molecular weight excluding hydrogens is 308 g/mol. The number of likely N-dealkylation sites (N-methyl/N-ethyl adjacent to an activating group) is 1. The van der Waals surface area contributed by atoms with Gasteiger partial charge in [-0.25, -0.2) is 0 Å². The number of aryl methyl sites for hydroxylation is 1. The van der Waals surface area contributed by atoms with Gasteiger partial charge >= 0.3 is 0 Å². The van der Waals surface area contributed by atoms with Crippen LogP contribution in [0.15, 0.2) is 36.4 Å². The average molecular weight is 331 g/mol. The van der Waals surface area contributed by atoms with Gasteiger partial charge in [0.05, 0.1) is 18.7 Å². The van der Waals surface area contributed by atoms with E-state index in [1.165, 1.54) is 16.2 Å². The normalized spacial score (nSPS) is 10.8. The summed E-state index contributed by atoms with van der Waals surface area (Å²) < 4.78 is 0. The lowest BCUT2D eigenvalue weighted by atomic mass is 10.1. The number of ketones is 1. The predicted molar refractivity (Wildman–Crippen MR) is 94.5 cm³/mol. The van der Waals surface area contributed by atoms with Crippen LogP contribution >= 0.6 is 11.3 Å². The zero-order valence-corrected chi connectivity index (χ0v) is 14.6. The van der Waals surface area contributed by atoms with E-state index in [9.17, 15) is 9.59 Å². The molecule has 5 heteroatoms. The summed E-state index contributed by atoms with van der Waals surface area (Å²) in [5, 5.41) is 3.57. The van der Waals surface area contributed by atoms with Gasteiger partial charge in [0, 0.05) is 10.4 Å². The van der Waals surface area contributed by atoms with Crippen molar-refractivity contribution in [2.75, 3.05) is 25.0 Å². The first kappa shape index (κ1) is 17.4. The Morgan fingerprint density at radius 2 is 1.78 bits per heavy atom. The van der Waals surface area contributed by atoms with Crippen molar-refractivity contribution in [1.82, 2.24) is 0 Å². The zero-order chi connectivity index (χ0) is 16.8. The van der Waals surface area contributed by atoms with Crippen molar-refractivity contribution in [3.8, 4) is 0 Å². The Bertz CT molecular complexity index is 676. The van der Waals surface area contributed by atoms with Crippen LogP contribution in [0.3, 0.4) is 0 Å². The molecule has 0 saturated carbocycles. The minimum atomic E-state index is -0.0552. The summed E-state index contributed by atoms with van der Waals surface area (Å²) >= 11 is 1.45. The lowest BCUT2D eigenvalue weighted by Gasteiger charge is -2.14. The number of rotatable bonds is 7. The molecule has 2 aromatic rings. The van der Waals surface area contributed by atoms with Gasteiger partial charge in [-0.05, 0) is 26.8 Å². The van der Waals surface area contributed by atoms with Crippen LogP contribution in [0.1, 0.15) is 34.6 Å². The highest BCUT2D eigenvalue weighted by molar-refractivity contribution is 7.16. The van der Waals surface area contributed by atoms with Gasteiger partial charge in [-0.2, -0.15) is 0 Å². The number of carbonyl (C=O) groups is 2. The van der Waals surface area contributed by atoms with Crippen molar-refractivity contribution in [1.29, 1.82) is 0 Å². The molecular formula is C18H23N2O2S+. The van der Waals surface area contributed by atoms with Crippen LogP contribution in [0.5, 0.6) is 0 Å². The molecule has 1 aromatic carbocycles. The Kier molecular flexibility index (Phi) is 6.07. The Labute approximate surface area is 141 Å². The highest BCUT2D eigenvalue weighted by Gasteiger charge is 2.19. The Hall–Kier alpha value is -1.98. The molecule has 23 heavy (non-hydrogen) atoms. The van der Waals surface area contributed by atoms with E-state index in [0.29, 0.717) is 22.7 Å². The van der Waals surface area contributed by atoms with E-state index in [4.69, 9.17) is 0 Å². The second-order valence-corrected chi connectivity index (χ2v) is 6.73. The molecule has 1 amide bonds. The van der Waals surface area contributed by atoms with Gasteiger partial charge < -0.3 is 10.2 Å². The number of anilines is 1. The molecule has 0 aliphatic rings. The molecule has 2 rings (SSSR count). The van der Waals surface area contributed by atoms with E-state index < -0.39 is 0 Å². The van der Waals surface area contributed by atoms with E-state index >= 15 is 0 Å². The Morgan fingerprint density at radius 1 is 1.13 bits per heavy atom. The van der Waals surface area contributed by atoms with Gasteiger partial charge in [0.2, 0.25) is 0 Å². The van der Waals surface area contributed by atoms with E-state index in [2.05, 4.69) is 19.2 Å². The molecule has 0 spiro atoms. The first-order valence-corrected chi connectivity index (χ1v) is 8.70. The lowest BCUT2D eigenvalue weighted by Crippen LogP contribution is -3.12. The summed E-state index contributed by atoms with van der Waals surface area (Å²) in [4.78, 5) is 27.1. The van der Waals surface area contributed by atoms with Crippen molar-refractivity contribution >= 4 is 28.0 Å². The van der Waals surface area contributed by atoms with Crippen LogP contribution in [-0.4, -0.2) is 31.3 Å². The van der Waals surface area contributed by atoms with Crippen LogP contribution in [-0.2, 0) is 4.79 Å². The van der Waals surface area contributed by atoms with Crippen molar-refractivity contribution in [2.24, 2.45) is 0 Å². The fourth-order valence-electron chi connectivity index (χ4n) is 2.42. The molecule has 0 fully saturated rings. The van der Waals surface area contributed by atoms with E-state index in [-0.39, 0.29) is 11.7 Å². The summed E-state index contributed by atoms with van der Waals surface area (Å²) in [5.74, 6) is -0.104. The van der Waals surface area contributed by atoms with E-state index in [1.54, 1.807) is 12.1 Å². The number of hydrogen-bond donors (Lipinski definition) is 2. The highest BCUT2D eigenvalue weighted by atomic mass is 32.1. The summed E-state index contributed by atoms with van der Waals surface area (Å²) in [6.07, 6.45) is 0. The Balaban J connectivity index is 2.18. The standard InChI is InChI=1S/C18H22N2O2S/c1-4-20(5-2)12-16(21)19-18-15(11-13(3)23-18)17(22)14-9-7-6-8-10-14/h6-11H,4-5,12H2,1-3H3,(H,19,21)/p+1. The summed E-state index contributed by atoms with van der Waals surface area (Å²) in [7, 11) is 0. The van der Waals surface area contributed by atoms with Crippen LogP contribution in [0, 0.1) is 6.92 Å². The third-order valence-corrected chi connectivity index (χ3v) is 4.77. The number of carbonyl (C=O) groups excluding carboxylic acids is 2. The van der Waals surface area contributed by atoms with Crippen molar-refractivity contribution < 1.29 is 14.5 Å². The van der Waals surface area contributed by atoms with Crippen molar-refractivity contribution in [3.05, 3.63) is 52.4 Å². The largest absolute Gasteiger partial charge is 0.328 e. The quantitative estimate of drug-likeness (QED) is 0.764. The molecule has 2 N–H and O–H groups in total. The minimum Gasteiger partial charge on any atom is -0.328 e. The molecule has 0 bridgehead atoms. The SMILES string of the molecule is CC[NH+](CC)CC(=O)Nc1sc(C)cc1C(=O)c1ccccc1. The van der Waals surface area contributed by atoms with Crippen molar-refractivity contribution in [3.63, 3.8) is 0 Å². The zero-order valence-electron chi connectivity index (χ0n) is 13.8. The maximum atomic E-state index is 12.6. The molecule has 1 aromatic heterocycles. The molecule has 0 radical (unpaired) electrons. The molecule has 0 saturated heterocycles. The van der Waals surface area contributed by atoms with Gasteiger partial charge in [-0.1, -0.05) is 30.3 Å². The second-order valence-electron chi connectivity index (χ2n) is 5.48. The second kappa shape index (κ2) is 8.04. The van der Waals surface area contributed by atoms with Gasteiger partial charge in [0.15, 0.2) is 12.3 Å². The molecule has 1 heterocycles. The number of benzene rings is 1. The smallest absolute Gasteiger partial charge is 0.280 e. The van der Waals surface area contributed by atoms with Crippen LogP contribution in [0.25, 0.3) is 0 Å². The lowest BCUT2D eigenvalue weighted by molar-refractivity contribution is -0.888. The van der Waals surface area contributed by atoms with Crippen molar-refractivity contribution in [2.45, 2.75) is 20.8 Å². The molecule has 0 atom stereocenters. The van der Waals surface area contributed by atoms with Gasteiger partial charge in [0.1, 0.15) is 5.00 Å². The minimum absolute atomic E-state index is 0.0485. The maximum absolute atomic E-state index is 12.6. The Morgan fingerprint density at radius 3 is 2.39 bits per heavy atom. The first-order valence-electron chi connectivity index (χ1n) is 7.88. The van der Waals surface area contributed by atoms with E-state index in [0.717, 1.165) is 18.0 Å². The van der Waals surface area contributed by atoms with Gasteiger partial charge in [0.25, 0.3) is 5.91 Å². The number of quaternary nitrogens is 1. The fraction of sp³-hybridized carbons (Fsp3) is 0.333. The number of thiophene rings is 1. The first-order chi connectivity index (χ1) is 11.0. The molecule has 4 nitrogen and oxygen atoms in total. The summed E-state index contributed by atoms with van der Waals surface area (Å²) in [6, 6.07) is 11.0. The third kappa shape index (κ3) is 4.50. The van der Waals surface area contributed by atoms with Crippen LogP contribution in [0.4, 0.5) is 5.00 Å². The van der Waals surface area contributed by atoms with Gasteiger partial charge in [-0.15, -0.1) is 11.3 Å². The third-order valence-electron chi connectivity index (χ3n) is 3.80. The summed E-state index contributed by atoms with van der Waals surface area (Å²) in [5.41, 5.74) is 1.21. The van der Waals surface area contributed by atoms with Crippen LogP contribution in [0.2, 0.25) is 0 Å².